The Labute approximate surface area is 192 Å². The van der Waals surface area contributed by atoms with Crippen molar-refractivity contribution in [3.63, 3.8) is 0 Å². The zero-order valence-corrected chi connectivity index (χ0v) is 18.7. The van der Waals surface area contributed by atoms with Gasteiger partial charge in [0.05, 0.1) is 11.2 Å². The molecule has 0 aliphatic heterocycles. The van der Waals surface area contributed by atoms with Crippen molar-refractivity contribution in [2.24, 2.45) is 0 Å². The number of hydrogen-bond donors (Lipinski definition) is 1. The summed E-state index contributed by atoms with van der Waals surface area (Å²) in [5.74, 6) is -0.842. The van der Waals surface area contributed by atoms with Gasteiger partial charge in [-0.25, -0.2) is 14.8 Å². The molecule has 7 nitrogen and oxygen atoms in total. The largest absolute Gasteiger partial charge is 0.451 e. The average molecular weight is 453 g/mol. The van der Waals surface area contributed by atoms with E-state index in [1.165, 1.54) is 6.20 Å². The van der Waals surface area contributed by atoms with Crippen molar-refractivity contribution < 1.29 is 14.3 Å². The molecule has 1 N–H and O–H groups in total. The van der Waals surface area contributed by atoms with Crippen LogP contribution in [0.15, 0.2) is 66.9 Å². The highest BCUT2D eigenvalue weighted by Gasteiger charge is 2.21. The van der Waals surface area contributed by atoms with E-state index in [2.05, 4.69) is 15.3 Å². The molecule has 1 aromatic heterocycles. The Morgan fingerprint density at radius 1 is 1.03 bits per heavy atom. The van der Waals surface area contributed by atoms with E-state index >= 15 is 0 Å². The highest BCUT2D eigenvalue weighted by Crippen LogP contribution is 2.16. The van der Waals surface area contributed by atoms with Gasteiger partial charge in [0.25, 0.3) is 5.91 Å². The fraction of sp³-hybridized carbons (Fsp3) is 0.250. The van der Waals surface area contributed by atoms with Gasteiger partial charge in [-0.05, 0) is 25.0 Å². The number of esters is 1. The molecule has 0 aliphatic rings. The van der Waals surface area contributed by atoms with Crippen LogP contribution in [0.2, 0.25) is 5.02 Å². The molecule has 1 amide bonds. The summed E-state index contributed by atoms with van der Waals surface area (Å²) >= 11 is 6.09. The van der Waals surface area contributed by atoms with E-state index in [-0.39, 0.29) is 28.6 Å². The van der Waals surface area contributed by atoms with Gasteiger partial charge in [-0.3, -0.25) is 4.79 Å². The van der Waals surface area contributed by atoms with E-state index in [1.807, 2.05) is 74.5 Å². The lowest BCUT2D eigenvalue weighted by atomic mass is 10.2. The molecule has 32 heavy (non-hydrogen) atoms. The number of carbonyl (C=O) groups is 2. The lowest BCUT2D eigenvalue weighted by Crippen LogP contribution is -2.39. The molecule has 0 atom stereocenters. The van der Waals surface area contributed by atoms with Crippen molar-refractivity contribution in [1.29, 1.82) is 0 Å². The number of aromatic nitrogens is 2. The normalized spacial score (nSPS) is 10.6. The molecule has 2 aromatic carbocycles. The lowest BCUT2D eigenvalue weighted by molar-refractivity contribution is -0.136. The molecule has 8 heteroatoms. The number of hydrogen-bond acceptors (Lipinski definition) is 6. The second kappa shape index (κ2) is 11.2. The first-order chi connectivity index (χ1) is 15.4. The molecule has 0 unspecified atom stereocenters. The molecular weight excluding hydrogens is 428 g/mol. The van der Waals surface area contributed by atoms with Crippen LogP contribution in [0, 0.1) is 0 Å². The summed E-state index contributed by atoms with van der Waals surface area (Å²) in [7, 11) is 0. The van der Waals surface area contributed by atoms with Gasteiger partial charge in [0.2, 0.25) is 5.95 Å². The maximum atomic E-state index is 12.7. The third-order valence-corrected chi connectivity index (χ3v) is 4.97. The molecule has 166 valence electrons. The van der Waals surface area contributed by atoms with E-state index in [1.54, 1.807) is 4.90 Å². The first-order valence-electron chi connectivity index (χ1n) is 10.2. The highest BCUT2D eigenvalue weighted by molar-refractivity contribution is 6.33. The maximum Gasteiger partial charge on any atom is 0.359 e. The third-order valence-electron chi connectivity index (χ3n) is 4.70. The summed E-state index contributed by atoms with van der Waals surface area (Å²) in [6.45, 7) is 4.33. The molecule has 0 saturated heterocycles. The van der Waals surface area contributed by atoms with E-state index < -0.39 is 12.6 Å². The molecule has 3 aromatic rings. The van der Waals surface area contributed by atoms with E-state index in [9.17, 15) is 9.59 Å². The predicted molar refractivity (Wildman–Crippen MR) is 123 cm³/mol. The van der Waals surface area contributed by atoms with Crippen molar-refractivity contribution in [3.05, 3.63) is 88.7 Å². The van der Waals surface area contributed by atoms with E-state index in [0.29, 0.717) is 13.1 Å². The van der Waals surface area contributed by atoms with Gasteiger partial charge in [0, 0.05) is 19.1 Å². The first-order valence-corrected chi connectivity index (χ1v) is 10.6. The second-order valence-corrected chi connectivity index (χ2v) is 7.81. The summed E-state index contributed by atoms with van der Waals surface area (Å²) in [6, 6.07) is 19.3. The van der Waals surface area contributed by atoms with Gasteiger partial charge < -0.3 is 15.0 Å². The highest BCUT2D eigenvalue weighted by atomic mass is 35.5. The van der Waals surface area contributed by atoms with Crippen molar-refractivity contribution in [3.8, 4) is 0 Å². The zero-order chi connectivity index (χ0) is 22.9. The van der Waals surface area contributed by atoms with Gasteiger partial charge in [0.1, 0.15) is 0 Å². The Hall–Kier alpha value is -3.45. The van der Waals surface area contributed by atoms with Crippen LogP contribution in [-0.4, -0.2) is 39.4 Å². The van der Waals surface area contributed by atoms with Crippen LogP contribution in [0.4, 0.5) is 5.95 Å². The van der Waals surface area contributed by atoms with Crippen LogP contribution in [0.5, 0.6) is 0 Å². The number of amides is 1. The number of nitrogens with zero attached hydrogens (tertiary/aromatic N) is 3. The number of ether oxygens (including phenoxy) is 1. The molecular formula is C24H25ClN4O3. The van der Waals surface area contributed by atoms with Crippen LogP contribution in [0.25, 0.3) is 0 Å². The summed E-state index contributed by atoms with van der Waals surface area (Å²) in [5.41, 5.74) is 1.94. The van der Waals surface area contributed by atoms with Crippen LogP contribution in [0.1, 0.15) is 35.5 Å². The monoisotopic (exact) mass is 452 g/mol. The van der Waals surface area contributed by atoms with E-state index in [4.69, 9.17) is 16.3 Å². The van der Waals surface area contributed by atoms with Crippen LogP contribution in [0.3, 0.4) is 0 Å². The second-order valence-electron chi connectivity index (χ2n) is 7.41. The Balaban J connectivity index is 1.61. The Kier molecular flexibility index (Phi) is 8.16. The molecule has 0 fully saturated rings. The van der Waals surface area contributed by atoms with E-state index in [0.717, 1.165) is 11.1 Å². The van der Waals surface area contributed by atoms with Gasteiger partial charge >= 0.3 is 5.97 Å². The predicted octanol–water partition coefficient (Wildman–Crippen LogP) is 4.34. The van der Waals surface area contributed by atoms with Gasteiger partial charge in [-0.1, -0.05) is 72.3 Å². The summed E-state index contributed by atoms with van der Waals surface area (Å²) in [5, 5.41) is 3.10. The fourth-order valence-corrected chi connectivity index (χ4v) is 3.16. The molecule has 0 bridgehead atoms. The smallest absolute Gasteiger partial charge is 0.359 e. The Morgan fingerprint density at radius 2 is 1.66 bits per heavy atom. The maximum absolute atomic E-state index is 12.7. The zero-order valence-electron chi connectivity index (χ0n) is 18.0. The van der Waals surface area contributed by atoms with Gasteiger partial charge in [0.15, 0.2) is 12.3 Å². The third kappa shape index (κ3) is 6.52. The van der Waals surface area contributed by atoms with Gasteiger partial charge in [-0.15, -0.1) is 0 Å². The van der Waals surface area contributed by atoms with Gasteiger partial charge in [-0.2, -0.15) is 0 Å². The number of carbonyl (C=O) groups excluding carboxylic acids is 2. The SMILES string of the molecule is CC(C)N(Cc1ccccc1)C(=O)COC(=O)c1nc(NCc2ccccc2)ncc1Cl. The number of halogens is 1. The van der Waals surface area contributed by atoms with Crippen LogP contribution < -0.4 is 5.32 Å². The van der Waals surface area contributed by atoms with Crippen molar-refractivity contribution in [2.45, 2.75) is 33.0 Å². The quantitative estimate of drug-likeness (QED) is 0.486. The van der Waals surface area contributed by atoms with Crippen molar-refractivity contribution in [1.82, 2.24) is 14.9 Å². The molecule has 0 saturated carbocycles. The van der Waals surface area contributed by atoms with Crippen LogP contribution in [-0.2, 0) is 22.6 Å². The Bertz CT molecular complexity index is 1050. The number of benzene rings is 2. The number of nitrogens with one attached hydrogen (secondary N) is 1. The fourth-order valence-electron chi connectivity index (χ4n) is 2.99. The Morgan fingerprint density at radius 3 is 2.28 bits per heavy atom. The molecule has 3 rings (SSSR count). The summed E-state index contributed by atoms with van der Waals surface area (Å²) < 4.78 is 5.22. The number of anilines is 1. The lowest BCUT2D eigenvalue weighted by Gasteiger charge is -2.26. The topological polar surface area (TPSA) is 84.4 Å². The number of rotatable bonds is 9. The molecule has 0 radical (unpaired) electrons. The van der Waals surface area contributed by atoms with Crippen molar-refractivity contribution in [2.75, 3.05) is 11.9 Å². The van der Waals surface area contributed by atoms with Crippen LogP contribution >= 0.6 is 11.6 Å². The summed E-state index contributed by atoms with van der Waals surface area (Å²) in [6.07, 6.45) is 1.33. The first kappa shape index (κ1) is 23.2. The minimum atomic E-state index is -0.781. The molecule has 1 heterocycles. The summed E-state index contributed by atoms with van der Waals surface area (Å²) in [4.78, 5) is 35.2. The molecule has 0 aliphatic carbocycles. The average Bonchev–Trinajstić information content (AvgIpc) is 2.81. The minimum Gasteiger partial charge on any atom is -0.451 e. The minimum absolute atomic E-state index is 0.0534. The standard InChI is InChI=1S/C24H25ClN4O3/c1-17(2)29(15-19-11-7-4-8-12-19)21(30)16-32-23(31)22-20(25)14-27-24(28-22)26-13-18-9-5-3-6-10-18/h3-12,14,17H,13,15-16H2,1-2H3,(H,26,27,28). The van der Waals surface area contributed by atoms with Crippen molar-refractivity contribution >= 4 is 29.4 Å². The molecule has 0 spiro atoms.